The molecule has 3 aromatic rings. The zero-order chi connectivity index (χ0) is 17.1. The molecule has 0 spiro atoms. The number of nitrogens with one attached hydrogen (secondary N) is 1. The van der Waals surface area contributed by atoms with E-state index in [1.807, 2.05) is 18.2 Å². The van der Waals surface area contributed by atoms with Gasteiger partial charge in [-0.25, -0.2) is 9.67 Å². The first-order valence-electron chi connectivity index (χ1n) is 6.76. The number of hydrogen-bond donors (Lipinski definition) is 1. The summed E-state index contributed by atoms with van der Waals surface area (Å²) in [6, 6.07) is 14.0. The Morgan fingerprint density at radius 1 is 1.29 bits per heavy atom. The minimum atomic E-state index is -0.410. The van der Waals surface area contributed by atoms with Crippen molar-refractivity contribution in [2.24, 2.45) is 0 Å². The van der Waals surface area contributed by atoms with Crippen molar-refractivity contribution in [2.75, 3.05) is 5.32 Å². The third-order valence-corrected chi connectivity index (χ3v) is 4.11. The van der Waals surface area contributed by atoms with E-state index >= 15 is 0 Å². The average molecular weight is 450 g/mol. The first-order valence-corrected chi connectivity index (χ1v) is 8.22. The lowest BCUT2D eigenvalue weighted by Gasteiger charge is -2.08. The summed E-state index contributed by atoms with van der Waals surface area (Å²) in [6.45, 7) is 0. The highest BCUT2D eigenvalue weighted by Gasteiger charge is 2.19. The Hall–Kier alpha value is -2.44. The van der Waals surface area contributed by atoms with Gasteiger partial charge in [0.1, 0.15) is 11.8 Å². The van der Waals surface area contributed by atoms with Gasteiger partial charge in [-0.1, -0.05) is 11.6 Å². The molecular weight excluding hydrogens is 441 g/mol. The fourth-order valence-electron chi connectivity index (χ4n) is 2.02. The molecule has 0 aliphatic carbocycles. The number of amides is 1. The van der Waals surface area contributed by atoms with E-state index in [1.165, 1.54) is 16.9 Å². The van der Waals surface area contributed by atoms with Crippen LogP contribution in [-0.4, -0.2) is 20.7 Å². The Balaban J connectivity index is 2.00. The summed E-state index contributed by atoms with van der Waals surface area (Å²) in [5.41, 5.74) is 0.911. The predicted molar refractivity (Wildman–Crippen MR) is 98.2 cm³/mol. The number of anilines is 1. The third-order valence-electron chi connectivity index (χ3n) is 3.10. The number of rotatable bonds is 3. The van der Waals surface area contributed by atoms with Crippen molar-refractivity contribution >= 4 is 45.8 Å². The van der Waals surface area contributed by atoms with Crippen LogP contribution in [0.15, 0.2) is 48.7 Å². The van der Waals surface area contributed by atoms with Gasteiger partial charge >= 0.3 is 0 Å². The van der Waals surface area contributed by atoms with Crippen LogP contribution in [0.5, 0.6) is 0 Å². The number of carbonyl (C=O) groups excluding carboxylic acids is 1. The smallest absolute Gasteiger partial charge is 0.274 e. The van der Waals surface area contributed by atoms with E-state index in [1.54, 1.807) is 24.3 Å². The Morgan fingerprint density at radius 2 is 2.04 bits per heavy atom. The molecule has 1 amide bonds. The van der Waals surface area contributed by atoms with Crippen molar-refractivity contribution in [1.82, 2.24) is 14.8 Å². The standard InChI is InChI=1S/C16H9ClIN5O/c17-13-2-1-7-20-15(13)23-14(8-12(9-19)22-23)16(24)21-11-5-3-10(18)4-6-11/h1-8H,(H,21,24). The van der Waals surface area contributed by atoms with E-state index in [-0.39, 0.29) is 17.2 Å². The normalized spacial score (nSPS) is 10.2. The van der Waals surface area contributed by atoms with Gasteiger partial charge in [-0.3, -0.25) is 4.79 Å². The third kappa shape index (κ3) is 3.39. The van der Waals surface area contributed by atoms with E-state index in [0.29, 0.717) is 10.7 Å². The molecule has 0 fully saturated rings. The second kappa shape index (κ2) is 6.98. The number of nitrogens with zero attached hydrogens (tertiary/aromatic N) is 4. The van der Waals surface area contributed by atoms with Gasteiger partial charge in [0.2, 0.25) is 0 Å². The Bertz CT molecular complexity index is 946. The molecular formula is C16H9ClIN5O. The molecule has 1 aromatic carbocycles. The first-order chi connectivity index (χ1) is 11.6. The summed E-state index contributed by atoms with van der Waals surface area (Å²) in [5.74, 6) is -0.125. The Labute approximate surface area is 156 Å². The van der Waals surface area contributed by atoms with Gasteiger partial charge < -0.3 is 5.32 Å². The molecule has 0 atom stereocenters. The molecule has 6 nitrogen and oxygen atoms in total. The summed E-state index contributed by atoms with van der Waals surface area (Å²) in [5, 5.41) is 16.3. The molecule has 0 aliphatic heterocycles. The molecule has 0 radical (unpaired) electrons. The largest absolute Gasteiger partial charge is 0.321 e. The lowest BCUT2D eigenvalue weighted by atomic mass is 10.3. The first kappa shape index (κ1) is 16.4. The lowest BCUT2D eigenvalue weighted by Crippen LogP contribution is -2.17. The zero-order valence-corrected chi connectivity index (χ0v) is 15.0. The van der Waals surface area contributed by atoms with Crippen LogP contribution >= 0.6 is 34.2 Å². The van der Waals surface area contributed by atoms with Gasteiger partial charge in [0.25, 0.3) is 5.91 Å². The molecule has 0 bridgehead atoms. The van der Waals surface area contributed by atoms with Crippen LogP contribution in [0.3, 0.4) is 0 Å². The van der Waals surface area contributed by atoms with Crippen molar-refractivity contribution in [3.63, 3.8) is 0 Å². The zero-order valence-electron chi connectivity index (χ0n) is 12.1. The second-order valence-corrected chi connectivity index (χ2v) is 6.36. The van der Waals surface area contributed by atoms with Gasteiger partial charge in [0.15, 0.2) is 11.5 Å². The quantitative estimate of drug-likeness (QED) is 0.619. The molecule has 3 rings (SSSR count). The molecule has 2 heterocycles. The fourth-order valence-corrected chi connectivity index (χ4v) is 2.58. The van der Waals surface area contributed by atoms with Gasteiger partial charge in [0, 0.05) is 21.5 Å². The molecule has 0 saturated heterocycles. The highest BCUT2D eigenvalue weighted by atomic mass is 127. The van der Waals surface area contributed by atoms with Crippen LogP contribution in [0.1, 0.15) is 16.2 Å². The highest BCUT2D eigenvalue weighted by molar-refractivity contribution is 14.1. The molecule has 24 heavy (non-hydrogen) atoms. The molecule has 0 aliphatic rings. The van der Waals surface area contributed by atoms with E-state index < -0.39 is 5.91 Å². The Morgan fingerprint density at radius 3 is 2.71 bits per heavy atom. The average Bonchev–Trinajstić information content (AvgIpc) is 3.02. The fraction of sp³-hybridized carbons (Fsp3) is 0. The van der Waals surface area contributed by atoms with Crippen LogP contribution in [0.25, 0.3) is 5.82 Å². The summed E-state index contributed by atoms with van der Waals surface area (Å²) < 4.78 is 2.32. The molecule has 0 unspecified atom stereocenters. The number of aromatic nitrogens is 3. The van der Waals surface area contributed by atoms with E-state index in [9.17, 15) is 4.79 Å². The van der Waals surface area contributed by atoms with Crippen LogP contribution in [0, 0.1) is 14.9 Å². The molecule has 8 heteroatoms. The minimum absolute atomic E-state index is 0.101. The number of carbonyl (C=O) groups is 1. The number of hydrogen-bond acceptors (Lipinski definition) is 4. The van der Waals surface area contributed by atoms with Gasteiger partial charge in [-0.2, -0.15) is 10.4 Å². The van der Waals surface area contributed by atoms with Crippen LogP contribution in [0.4, 0.5) is 5.69 Å². The van der Waals surface area contributed by atoms with Crippen LogP contribution in [-0.2, 0) is 0 Å². The van der Waals surface area contributed by atoms with Gasteiger partial charge in [-0.05, 0) is 59.0 Å². The van der Waals surface area contributed by atoms with Gasteiger partial charge in [0.05, 0.1) is 5.02 Å². The molecule has 0 saturated carbocycles. The van der Waals surface area contributed by atoms with Crippen molar-refractivity contribution in [3.05, 3.63) is 68.6 Å². The topological polar surface area (TPSA) is 83.6 Å². The number of nitriles is 1. The summed E-state index contributed by atoms with van der Waals surface area (Å²) >= 11 is 8.31. The second-order valence-electron chi connectivity index (χ2n) is 4.71. The van der Waals surface area contributed by atoms with Crippen molar-refractivity contribution in [2.45, 2.75) is 0 Å². The Kier molecular flexibility index (Phi) is 4.78. The maximum Gasteiger partial charge on any atom is 0.274 e. The van der Waals surface area contributed by atoms with Gasteiger partial charge in [-0.15, -0.1) is 0 Å². The summed E-state index contributed by atoms with van der Waals surface area (Å²) in [6.07, 6.45) is 1.54. The maximum atomic E-state index is 12.6. The molecule has 118 valence electrons. The van der Waals surface area contributed by atoms with Crippen molar-refractivity contribution in [1.29, 1.82) is 5.26 Å². The minimum Gasteiger partial charge on any atom is -0.321 e. The highest BCUT2D eigenvalue weighted by Crippen LogP contribution is 2.20. The van der Waals surface area contributed by atoms with E-state index in [0.717, 1.165) is 3.57 Å². The van der Waals surface area contributed by atoms with Crippen LogP contribution in [0.2, 0.25) is 5.02 Å². The predicted octanol–water partition coefficient (Wildman–Crippen LogP) is 3.65. The van der Waals surface area contributed by atoms with Crippen molar-refractivity contribution < 1.29 is 4.79 Å². The molecule has 1 N–H and O–H groups in total. The van der Waals surface area contributed by atoms with Crippen molar-refractivity contribution in [3.8, 4) is 11.9 Å². The monoisotopic (exact) mass is 449 g/mol. The number of pyridine rings is 1. The maximum absolute atomic E-state index is 12.6. The van der Waals surface area contributed by atoms with E-state index in [2.05, 4.69) is 38.0 Å². The molecule has 2 aromatic heterocycles. The summed E-state index contributed by atoms with van der Waals surface area (Å²) in [4.78, 5) is 16.7. The number of benzene rings is 1. The number of halogens is 2. The van der Waals surface area contributed by atoms with Crippen LogP contribution < -0.4 is 5.32 Å². The SMILES string of the molecule is N#Cc1cc(C(=O)Nc2ccc(I)cc2)n(-c2ncccc2Cl)n1. The van der Waals surface area contributed by atoms with E-state index in [4.69, 9.17) is 16.9 Å². The summed E-state index contributed by atoms with van der Waals surface area (Å²) in [7, 11) is 0. The lowest BCUT2D eigenvalue weighted by molar-refractivity contribution is 0.101.